The minimum Gasteiger partial charge on any atom is -0.491 e. The summed E-state index contributed by atoms with van der Waals surface area (Å²) in [6, 6.07) is 7.88. The Balaban J connectivity index is 1.74. The molecule has 4 nitrogen and oxygen atoms in total. The highest BCUT2D eigenvalue weighted by Gasteiger charge is 2.23. The van der Waals surface area contributed by atoms with Gasteiger partial charge in [0.05, 0.1) is 12.2 Å². The first-order valence-electron chi connectivity index (χ1n) is 7.28. The molecule has 112 valence electrons. The van der Waals surface area contributed by atoms with Gasteiger partial charge in [-0.25, -0.2) is 0 Å². The number of aryl methyl sites for hydroxylation is 1. The molecule has 0 unspecified atom stereocenters. The van der Waals surface area contributed by atoms with Gasteiger partial charge in [-0.2, -0.15) is 0 Å². The maximum absolute atomic E-state index is 10.1. The number of ether oxygens (including phenoxy) is 2. The molecule has 1 aliphatic rings. The molecule has 1 N–H and O–H groups in total. The van der Waals surface area contributed by atoms with Crippen molar-refractivity contribution in [2.75, 3.05) is 26.2 Å². The molecule has 0 bridgehead atoms. The number of rotatable bonds is 5. The molecule has 0 aliphatic carbocycles. The molecule has 1 aliphatic heterocycles. The van der Waals surface area contributed by atoms with Crippen molar-refractivity contribution in [3.63, 3.8) is 0 Å². The highest BCUT2D eigenvalue weighted by atomic mass is 16.5. The van der Waals surface area contributed by atoms with Crippen LogP contribution < -0.4 is 4.74 Å². The molecule has 0 amide bonds. The zero-order chi connectivity index (χ0) is 14.5. The van der Waals surface area contributed by atoms with Crippen molar-refractivity contribution in [2.45, 2.75) is 39.1 Å². The second-order valence-corrected chi connectivity index (χ2v) is 5.75. The minimum absolute atomic E-state index is 0.226. The van der Waals surface area contributed by atoms with Gasteiger partial charge >= 0.3 is 0 Å². The van der Waals surface area contributed by atoms with Crippen LogP contribution in [-0.2, 0) is 4.74 Å². The lowest BCUT2D eigenvalue weighted by molar-refractivity contribution is -0.0786. The molecule has 1 saturated heterocycles. The zero-order valence-corrected chi connectivity index (χ0v) is 12.6. The number of hydrogen-bond donors (Lipinski definition) is 1. The molecule has 1 aromatic rings. The first-order chi connectivity index (χ1) is 9.52. The number of morpholine rings is 1. The predicted molar refractivity (Wildman–Crippen MR) is 79.1 cm³/mol. The standard InChI is InChI=1S/C16H25NO3/c1-12-4-6-16(7-5-12)19-11-15(18)10-17-8-13(2)20-14(3)9-17/h4-7,13-15,18H,8-11H2,1-3H3/t13-,14-,15+/m1/s1. The van der Waals surface area contributed by atoms with Crippen LogP contribution in [0.3, 0.4) is 0 Å². The van der Waals surface area contributed by atoms with Gasteiger partial charge in [-0.15, -0.1) is 0 Å². The van der Waals surface area contributed by atoms with E-state index in [1.165, 1.54) is 5.56 Å². The summed E-state index contributed by atoms with van der Waals surface area (Å²) in [5.74, 6) is 0.804. The Bertz CT molecular complexity index is 397. The summed E-state index contributed by atoms with van der Waals surface area (Å²) in [6.07, 6.45) is -0.0262. The van der Waals surface area contributed by atoms with E-state index in [0.717, 1.165) is 18.8 Å². The van der Waals surface area contributed by atoms with Gasteiger partial charge in [0.15, 0.2) is 0 Å². The Kier molecular flexibility index (Phi) is 5.40. The summed E-state index contributed by atoms with van der Waals surface area (Å²) < 4.78 is 11.3. The lowest BCUT2D eigenvalue weighted by Crippen LogP contribution is -2.48. The summed E-state index contributed by atoms with van der Waals surface area (Å²) in [6.45, 7) is 8.86. The van der Waals surface area contributed by atoms with E-state index in [-0.39, 0.29) is 12.2 Å². The number of hydrogen-bond acceptors (Lipinski definition) is 4. The molecule has 20 heavy (non-hydrogen) atoms. The van der Waals surface area contributed by atoms with E-state index in [1.807, 2.05) is 31.2 Å². The minimum atomic E-state index is -0.478. The quantitative estimate of drug-likeness (QED) is 0.893. The number of nitrogens with zero attached hydrogens (tertiary/aromatic N) is 1. The fourth-order valence-corrected chi connectivity index (χ4v) is 2.61. The molecule has 1 aromatic carbocycles. The Labute approximate surface area is 121 Å². The van der Waals surface area contributed by atoms with Crippen molar-refractivity contribution in [1.29, 1.82) is 0 Å². The Morgan fingerprint density at radius 3 is 2.45 bits per heavy atom. The third-order valence-electron chi connectivity index (χ3n) is 3.43. The zero-order valence-electron chi connectivity index (χ0n) is 12.6. The van der Waals surface area contributed by atoms with Gasteiger partial charge in [0.1, 0.15) is 18.5 Å². The normalized spacial score (nSPS) is 25.4. The fraction of sp³-hybridized carbons (Fsp3) is 0.625. The second kappa shape index (κ2) is 7.07. The van der Waals surface area contributed by atoms with Gasteiger partial charge in [-0.1, -0.05) is 17.7 Å². The van der Waals surface area contributed by atoms with Gasteiger partial charge in [0.2, 0.25) is 0 Å². The molecule has 0 radical (unpaired) electrons. The molecule has 1 heterocycles. The van der Waals surface area contributed by atoms with E-state index in [0.29, 0.717) is 13.2 Å². The Morgan fingerprint density at radius 2 is 1.85 bits per heavy atom. The van der Waals surface area contributed by atoms with Gasteiger partial charge < -0.3 is 14.6 Å². The van der Waals surface area contributed by atoms with Gasteiger partial charge in [0, 0.05) is 19.6 Å². The van der Waals surface area contributed by atoms with Crippen molar-refractivity contribution in [3.05, 3.63) is 29.8 Å². The van der Waals surface area contributed by atoms with Crippen molar-refractivity contribution in [1.82, 2.24) is 4.90 Å². The maximum Gasteiger partial charge on any atom is 0.119 e. The second-order valence-electron chi connectivity index (χ2n) is 5.75. The highest BCUT2D eigenvalue weighted by molar-refractivity contribution is 5.26. The van der Waals surface area contributed by atoms with E-state index in [4.69, 9.17) is 9.47 Å². The van der Waals surface area contributed by atoms with Crippen LogP contribution in [0.2, 0.25) is 0 Å². The van der Waals surface area contributed by atoms with Crippen molar-refractivity contribution in [3.8, 4) is 5.75 Å². The summed E-state index contributed by atoms with van der Waals surface area (Å²) in [4.78, 5) is 2.24. The predicted octanol–water partition coefficient (Wildman–Crippen LogP) is 1.84. The van der Waals surface area contributed by atoms with Crippen LogP contribution in [-0.4, -0.2) is 54.6 Å². The molecular weight excluding hydrogens is 254 g/mol. The molecule has 4 heteroatoms. The van der Waals surface area contributed by atoms with E-state index in [9.17, 15) is 5.11 Å². The summed E-state index contributed by atoms with van der Waals surface area (Å²) >= 11 is 0. The van der Waals surface area contributed by atoms with Crippen LogP contribution in [0.4, 0.5) is 0 Å². The molecule has 0 saturated carbocycles. The van der Waals surface area contributed by atoms with E-state index in [2.05, 4.69) is 18.7 Å². The Hall–Kier alpha value is -1.10. The fourth-order valence-electron chi connectivity index (χ4n) is 2.61. The molecular formula is C16H25NO3. The number of aliphatic hydroxyl groups excluding tert-OH is 1. The van der Waals surface area contributed by atoms with Gasteiger partial charge in [-0.3, -0.25) is 4.90 Å². The lowest BCUT2D eigenvalue weighted by Gasteiger charge is -2.36. The summed E-state index contributed by atoms with van der Waals surface area (Å²) in [5, 5.41) is 10.1. The van der Waals surface area contributed by atoms with E-state index < -0.39 is 6.10 Å². The molecule has 0 aromatic heterocycles. The van der Waals surface area contributed by atoms with Gasteiger partial charge in [-0.05, 0) is 32.9 Å². The smallest absolute Gasteiger partial charge is 0.119 e. The summed E-state index contributed by atoms with van der Waals surface area (Å²) in [5.41, 5.74) is 1.20. The largest absolute Gasteiger partial charge is 0.491 e. The van der Waals surface area contributed by atoms with Crippen LogP contribution in [0, 0.1) is 6.92 Å². The van der Waals surface area contributed by atoms with E-state index in [1.54, 1.807) is 0 Å². The molecule has 3 atom stereocenters. The van der Waals surface area contributed by atoms with Crippen molar-refractivity contribution in [2.24, 2.45) is 0 Å². The Morgan fingerprint density at radius 1 is 1.25 bits per heavy atom. The van der Waals surface area contributed by atoms with E-state index >= 15 is 0 Å². The van der Waals surface area contributed by atoms with Crippen molar-refractivity contribution < 1.29 is 14.6 Å². The number of β-amino-alcohol motifs (C(OH)–C–C–N with tert-alkyl or cyclic N) is 1. The molecule has 1 fully saturated rings. The van der Waals surface area contributed by atoms with Crippen molar-refractivity contribution >= 4 is 0 Å². The maximum atomic E-state index is 10.1. The van der Waals surface area contributed by atoms with Crippen LogP contribution >= 0.6 is 0 Å². The third-order valence-corrected chi connectivity index (χ3v) is 3.43. The lowest BCUT2D eigenvalue weighted by atomic mass is 10.2. The SMILES string of the molecule is Cc1ccc(OC[C@@H](O)CN2C[C@@H](C)O[C@H](C)C2)cc1. The average molecular weight is 279 g/mol. The first kappa shape index (κ1) is 15.3. The third kappa shape index (κ3) is 4.78. The first-order valence-corrected chi connectivity index (χ1v) is 7.28. The topological polar surface area (TPSA) is 41.9 Å². The van der Waals surface area contributed by atoms with Crippen LogP contribution in [0.15, 0.2) is 24.3 Å². The van der Waals surface area contributed by atoms with Crippen LogP contribution in [0.5, 0.6) is 5.75 Å². The molecule has 0 spiro atoms. The highest BCUT2D eigenvalue weighted by Crippen LogP contribution is 2.13. The summed E-state index contributed by atoms with van der Waals surface area (Å²) in [7, 11) is 0. The molecule has 2 rings (SSSR count). The van der Waals surface area contributed by atoms with Gasteiger partial charge in [0.25, 0.3) is 0 Å². The van der Waals surface area contributed by atoms with Crippen LogP contribution in [0.1, 0.15) is 19.4 Å². The average Bonchev–Trinajstić information content (AvgIpc) is 2.37. The monoisotopic (exact) mass is 279 g/mol. The number of aliphatic hydroxyl groups is 1. The number of benzene rings is 1. The van der Waals surface area contributed by atoms with Crippen LogP contribution in [0.25, 0.3) is 0 Å².